The molecule has 0 saturated heterocycles. The van der Waals surface area contributed by atoms with E-state index in [-0.39, 0.29) is 5.91 Å². The van der Waals surface area contributed by atoms with E-state index >= 15 is 0 Å². The first-order valence-corrected chi connectivity index (χ1v) is 10.2. The van der Waals surface area contributed by atoms with Gasteiger partial charge in [0.1, 0.15) is 0 Å². The van der Waals surface area contributed by atoms with Gasteiger partial charge in [-0.1, -0.05) is 30.3 Å². The van der Waals surface area contributed by atoms with Crippen molar-refractivity contribution in [3.63, 3.8) is 0 Å². The Morgan fingerprint density at radius 1 is 1.00 bits per heavy atom. The Balaban J connectivity index is 1.93. The van der Waals surface area contributed by atoms with Crippen molar-refractivity contribution in [2.75, 3.05) is 42.6 Å². The van der Waals surface area contributed by atoms with Gasteiger partial charge in [0.25, 0.3) is 5.91 Å². The number of carbonyl (C=O) groups excluding carboxylic acids is 1. The molecule has 0 aromatic heterocycles. The Morgan fingerprint density at radius 2 is 1.62 bits per heavy atom. The van der Waals surface area contributed by atoms with Crippen molar-refractivity contribution < 1.29 is 13.2 Å². The topological polar surface area (TPSA) is 69.7 Å². The van der Waals surface area contributed by atoms with Crippen LogP contribution in [0.15, 0.2) is 54.6 Å². The highest BCUT2D eigenvalue weighted by atomic mass is 32.2. The van der Waals surface area contributed by atoms with Crippen LogP contribution >= 0.6 is 0 Å². The van der Waals surface area contributed by atoms with Gasteiger partial charge in [-0.15, -0.1) is 0 Å². The monoisotopic (exact) mass is 375 g/mol. The lowest BCUT2D eigenvalue weighted by molar-refractivity contribution is 0.0954. The predicted octanol–water partition coefficient (Wildman–Crippen LogP) is 2.34. The van der Waals surface area contributed by atoms with Crippen LogP contribution in [0.5, 0.6) is 0 Å². The second kappa shape index (κ2) is 8.71. The van der Waals surface area contributed by atoms with Gasteiger partial charge >= 0.3 is 0 Å². The number of anilines is 2. The van der Waals surface area contributed by atoms with Gasteiger partial charge in [-0.05, 0) is 30.7 Å². The molecule has 26 heavy (non-hydrogen) atoms. The van der Waals surface area contributed by atoms with Crippen molar-refractivity contribution in [1.82, 2.24) is 5.32 Å². The highest BCUT2D eigenvalue weighted by molar-refractivity contribution is 7.92. The van der Waals surface area contributed by atoms with E-state index in [2.05, 4.69) is 10.2 Å². The Labute approximate surface area is 155 Å². The number of hydrogen-bond donors (Lipinski definition) is 1. The van der Waals surface area contributed by atoms with Gasteiger partial charge in [-0.3, -0.25) is 9.10 Å². The summed E-state index contributed by atoms with van der Waals surface area (Å²) in [5, 5.41) is 2.87. The lowest BCUT2D eigenvalue weighted by Crippen LogP contribution is -2.31. The molecule has 0 aliphatic rings. The summed E-state index contributed by atoms with van der Waals surface area (Å²) in [6.45, 7) is 1.31. The summed E-state index contributed by atoms with van der Waals surface area (Å²) in [6, 6.07) is 16.7. The normalized spacial score (nSPS) is 11.0. The quantitative estimate of drug-likeness (QED) is 0.719. The van der Waals surface area contributed by atoms with E-state index in [1.165, 1.54) is 7.05 Å². The number of benzene rings is 2. The van der Waals surface area contributed by atoms with Gasteiger partial charge in [0, 0.05) is 32.9 Å². The summed E-state index contributed by atoms with van der Waals surface area (Å²) in [5.74, 6) is -0.279. The average Bonchev–Trinajstić information content (AvgIpc) is 2.64. The molecule has 6 nitrogen and oxygen atoms in total. The molecular weight excluding hydrogens is 350 g/mol. The SMILES string of the molecule is CN(CCCNC(=O)c1ccccc1N(C)S(C)(=O)=O)c1ccccc1. The van der Waals surface area contributed by atoms with Crippen LogP contribution in [0.4, 0.5) is 11.4 Å². The highest BCUT2D eigenvalue weighted by Gasteiger charge is 2.19. The van der Waals surface area contributed by atoms with E-state index in [0.717, 1.165) is 29.2 Å². The zero-order chi connectivity index (χ0) is 19.2. The molecule has 0 aliphatic carbocycles. The fourth-order valence-electron chi connectivity index (χ4n) is 2.54. The number of sulfonamides is 1. The average molecular weight is 375 g/mol. The number of para-hydroxylation sites is 2. The van der Waals surface area contributed by atoms with Crippen LogP contribution in [0.25, 0.3) is 0 Å². The molecule has 2 aromatic carbocycles. The highest BCUT2D eigenvalue weighted by Crippen LogP contribution is 2.21. The van der Waals surface area contributed by atoms with E-state index in [4.69, 9.17) is 0 Å². The third-order valence-corrected chi connectivity index (χ3v) is 5.33. The van der Waals surface area contributed by atoms with Crippen LogP contribution in [0.1, 0.15) is 16.8 Å². The van der Waals surface area contributed by atoms with Gasteiger partial charge in [0.05, 0.1) is 17.5 Å². The number of amides is 1. The number of hydrogen-bond acceptors (Lipinski definition) is 4. The van der Waals surface area contributed by atoms with Crippen molar-refractivity contribution in [2.24, 2.45) is 0 Å². The van der Waals surface area contributed by atoms with Crippen LogP contribution < -0.4 is 14.5 Å². The van der Waals surface area contributed by atoms with Crippen molar-refractivity contribution in [2.45, 2.75) is 6.42 Å². The molecule has 2 rings (SSSR count). The minimum atomic E-state index is -3.43. The van der Waals surface area contributed by atoms with Crippen molar-refractivity contribution >= 4 is 27.3 Å². The summed E-state index contributed by atoms with van der Waals surface area (Å²) >= 11 is 0. The third-order valence-electron chi connectivity index (χ3n) is 4.14. The molecule has 0 unspecified atom stereocenters. The maximum Gasteiger partial charge on any atom is 0.253 e. The second-order valence-corrected chi connectivity index (χ2v) is 8.13. The zero-order valence-electron chi connectivity index (χ0n) is 15.3. The number of rotatable bonds is 8. The Bertz CT molecular complexity index is 838. The Morgan fingerprint density at radius 3 is 2.27 bits per heavy atom. The molecule has 0 atom stereocenters. The van der Waals surface area contributed by atoms with Crippen molar-refractivity contribution in [3.8, 4) is 0 Å². The molecule has 7 heteroatoms. The molecule has 1 N–H and O–H groups in total. The standard InChI is InChI=1S/C19H25N3O3S/c1-21(16-10-5-4-6-11-16)15-9-14-20-19(23)17-12-7-8-13-18(17)22(2)26(3,24)25/h4-8,10-13H,9,14-15H2,1-3H3,(H,20,23). The van der Waals surface area contributed by atoms with Gasteiger partial charge < -0.3 is 10.2 Å². The fraction of sp³-hybridized carbons (Fsp3) is 0.316. The van der Waals surface area contributed by atoms with Crippen molar-refractivity contribution in [3.05, 3.63) is 60.2 Å². The first kappa shape index (κ1) is 19.8. The molecule has 0 saturated carbocycles. The summed E-state index contributed by atoms with van der Waals surface area (Å²) < 4.78 is 24.6. The molecule has 0 spiro atoms. The minimum Gasteiger partial charge on any atom is -0.375 e. The molecule has 1 amide bonds. The van der Waals surface area contributed by atoms with Crippen LogP contribution in [0, 0.1) is 0 Å². The van der Waals surface area contributed by atoms with Gasteiger partial charge in [0.15, 0.2) is 0 Å². The Kier molecular flexibility index (Phi) is 6.63. The summed E-state index contributed by atoms with van der Waals surface area (Å²) in [4.78, 5) is 14.6. The van der Waals surface area contributed by atoms with Crippen LogP contribution in [-0.4, -0.2) is 47.8 Å². The molecule has 0 fully saturated rings. The largest absolute Gasteiger partial charge is 0.375 e. The van der Waals surface area contributed by atoms with E-state index in [1.807, 2.05) is 37.4 Å². The fourth-order valence-corrected chi connectivity index (χ4v) is 3.06. The predicted molar refractivity (Wildman–Crippen MR) is 106 cm³/mol. The maximum absolute atomic E-state index is 12.5. The second-order valence-electron chi connectivity index (χ2n) is 6.11. The molecule has 0 heterocycles. The molecule has 0 radical (unpaired) electrons. The van der Waals surface area contributed by atoms with E-state index < -0.39 is 10.0 Å². The first-order chi connectivity index (χ1) is 12.3. The summed E-state index contributed by atoms with van der Waals surface area (Å²) in [6.07, 6.45) is 1.89. The van der Waals surface area contributed by atoms with Gasteiger partial charge in [0.2, 0.25) is 10.0 Å². The lowest BCUT2D eigenvalue weighted by atomic mass is 10.1. The zero-order valence-corrected chi connectivity index (χ0v) is 16.2. The summed E-state index contributed by atoms with van der Waals surface area (Å²) in [5.41, 5.74) is 1.84. The summed E-state index contributed by atoms with van der Waals surface area (Å²) in [7, 11) is 0.0159. The third kappa shape index (κ3) is 5.23. The molecule has 140 valence electrons. The van der Waals surface area contributed by atoms with Crippen LogP contribution in [-0.2, 0) is 10.0 Å². The van der Waals surface area contributed by atoms with Crippen molar-refractivity contribution in [1.29, 1.82) is 0 Å². The maximum atomic E-state index is 12.5. The number of nitrogens with one attached hydrogen (secondary N) is 1. The van der Waals surface area contributed by atoms with Gasteiger partial charge in [-0.2, -0.15) is 0 Å². The number of carbonyl (C=O) groups is 1. The molecule has 0 bridgehead atoms. The number of nitrogens with zero attached hydrogens (tertiary/aromatic N) is 2. The molecular formula is C19H25N3O3S. The first-order valence-electron chi connectivity index (χ1n) is 8.38. The van der Waals surface area contributed by atoms with E-state index in [1.54, 1.807) is 24.3 Å². The van der Waals surface area contributed by atoms with E-state index in [0.29, 0.717) is 17.8 Å². The van der Waals surface area contributed by atoms with Crippen LogP contribution in [0.2, 0.25) is 0 Å². The lowest BCUT2D eigenvalue weighted by Gasteiger charge is -2.21. The van der Waals surface area contributed by atoms with E-state index in [9.17, 15) is 13.2 Å². The Hall–Kier alpha value is -2.54. The van der Waals surface area contributed by atoms with Gasteiger partial charge in [-0.25, -0.2) is 8.42 Å². The molecule has 0 aliphatic heterocycles. The molecule has 2 aromatic rings. The minimum absolute atomic E-state index is 0.279. The van der Waals surface area contributed by atoms with Crippen LogP contribution in [0.3, 0.4) is 0 Å². The smallest absolute Gasteiger partial charge is 0.253 e.